The Kier molecular flexibility index (Phi) is 36.1. The third kappa shape index (κ3) is 39.4. The summed E-state index contributed by atoms with van der Waals surface area (Å²) in [6.07, 6.45) is 48.6. The number of epoxide rings is 1. The van der Waals surface area contributed by atoms with Crippen molar-refractivity contribution >= 4 is 27.6 Å². The molecule has 0 aromatic rings. The van der Waals surface area contributed by atoms with E-state index in [1.54, 1.807) is 0 Å². The van der Waals surface area contributed by atoms with Crippen LogP contribution < -0.4 is 0 Å². The Hall–Kier alpha value is -3.00. The van der Waals surface area contributed by atoms with Gasteiger partial charge in [0.15, 0.2) is 6.10 Å². The smallest absolute Gasteiger partial charge is 0.462 e. The summed E-state index contributed by atoms with van der Waals surface area (Å²) in [4.78, 5) is 52.8. The molecular weight excluding hydrogens is 862 g/mol. The van der Waals surface area contributed by atoms with Crippen LogP contribution in [0.2, 0.25) is 0 Å². The van der Waals surface area contributed by atoms with Crippen LogP contribution in [0.15, 0.2) is 97.2 Å². The number of esters is 2. The SMILES string of the molecule is CC/C=C\C/C=C\C/C=C\C/C=C\C/C=C\CCCCCC(=O)O[C@H](COC(=O)CCC/C=C\C/C=C\CC1OC1C/C=C\CCCCC)COP(=O)(O)OC[C@@H](O)COP(=O)(O)O. The molecule has 1 aliphatic heterocycles. The van der Waals surface area contributed by atoms with Crippen molar-refractivity contribution in [2.75, 3.05) is 26.4 Å². The van der Waals surface area contributed by atoms with Crippen LogP contribution in [-0.2, 0) is 46.5 Å². The number of rotatable bonds is 41. The normalized spacial score (nSPS) is 18.0. The summed E-state index contributed by atoms with van der Waals surface area (Å²) in [6, 6.07) is 0. The molecule has 1 saturated heterocycles. The van der Waals surface area contributed by atoms with Crippen molar-refractivity contribution in [1.82, 2.24) is 0 Å². The summed E-state index contributed by atoms with van der Waals surface area (Å²) in [5, 5.41) is 9.76. The summed E-state index contributed by atoms with van der Waals surface area (Å²) >= 11 is 0. The van der Waals surface area contributed by atoms with Gasteiger partial charge in [-0.05, 0) is 96.3 Å². The minimum Gasteiger partial charge on any atom is -0.462 e. The van der Waals surface area contributed by atoms with E-state index in [0.29, 0.717) is 31.5 Å². The molecule has 0 saturated carbocycles. The lowest BCUT2D eigenvalue weighted by Crippen LogP contribution is -2.30. The molecule has 64 heavy (non-hydrogen) atoms. The van der Waals surface area contributed by atoms with Crippen LogP contribution in [0.1, 0.15) is 142 Å². The van der Waals surface area contributed by atoms with Crippen molar-refractivity contribution in [3.8, 4) is 0 Å². The Morgan fingerprint density at radius 2 is 1.02 bits per heavy atom. The number of hydrogen-bond acceptors (Lipinski definition) is 11. The number of carbonyl (C=O) groups is 2. The fourth-order valence-electron chi connectivity index (χ4n) is 5.76. The molecule has 0 aromatic heterocycles. The first-order chi connectivity index (χ1) is 30.8. The van der Waals surface area contributed by atoms with Crippen LogP contribution in [0, 0.1) is 0 Å². The monoisotopic (exact) mass is 940 g/mol. The number of ether oxygens (including phenoxy) is 3. The van der Waals surface area contributed by atoms with Gasteiger partial charge in [0.1, 0.15) is 12.7 Å². The maximum atomic E-state index is 12.7. The van der Waals surface area contributed by atoms with Gasteiger partial charge in [-0.2, -0.15) is 0 Å². The van der Waals surface area contributed by atoms with Gasteiger partial charge in [-0.15, -0.1) is 0 Å². The lowest BCUT2D eigenvalue weighted by atomic mass is 10.1. The zero-order valence-corrected chi connectivity index (χ0v) is 40.1. The predicted octanol–water partition coefficient (Wildman–Crippen LogP) is 11.1. The van der Waals surface area contributed by atoms with Crippen LogP contribution >= 0.6 is 15.6 Å². The van der Waals surface area contributed by atoms with E-state index in [0.717, 1.165) is 77.0 Å². The molecule has 14 nitrogen and oxygen atoms in total. The molecule has 3 unspecified atom stereocenters. The molecule has 0 spiro atoms. The number of aliphatic hydroxyl groups is 1. The second kappa shape index (κ2) is 39.2. The number of allylic oxidation sites excluding steroid dienone is 14. The maximum Gasteiger partial charge on any atom is 0.472 e. The molecular formula is C48H78O14P2. The molecule has 16 heteroatoms. The maximum absolute atomic E-state index is 12.7. The van der Waals surface area contributed by atoms with Gasteiger partial charge in [0, 0.05) is 12.8 Å². The minimum absolute atomic E-state index is 0.0718. The summed E-state index contributed by atoms with van der Waals surface area (Å²) in [5.41, 5.74) is 0. The molecule has 0 amide bonds. The number of aliphatic hydroxyl groups excluding tert-OH is 1. The third-order valence-corrected chi connectivity index (χ3v) is 10.8. The largest absolute Gasteiger partial charge is 0.472 e. The van der Waals surface area contributed by atoms with Crippen LogP contribution in [-0.4, -0.2) is 82.6 Å². The summed E-state index contributed by atoms with van der Waals surface area (Å²) in [6.45, 7) is 1.49. The van der Waals surface area contributed by atoms with Crippen molar-refractivity contribution in [1.29, 1.82) is 0 Å². The molecule has 0 aliphatic carbocycles. The lowest BCUT2D eigenvalue weighted by Gasteiger charge is -2.20. The van der Waals surface area contributed by atoms with E-state index in [9.17, 15) is 28.7 Å². The minimum atomic E-state index is -4.88. The molecule has 1 aliphatic rings. The molecule has 4 N–H and O–H groups in total. The molecule has 1 heterocycles. The van der Waals surface area contributed by atoms with E-state index in [2.05, 4.69) is 108 Å². The Morgan fingerprint density at radius 1 is 0.547 bits per heavy atom. The molecule has 0 bridgehead atoms. The fourth-order valence-corrected chi connectivity index (χ4v) is 6.92. The van der Waals surface area contributed by atoms with E-state index in [-0.39, 0.29) is 12.8 Å². The Bertz CT molecular complexity index is 1560. The number of carbonyl (C=O) groups excluding carboxylic acids is 2. The molecule has 0 radical (unpaired) electrons. The molecule has 5 atom stereocenters. The topological polar surface area (TPSA) is 208 Å². The first-order valence-electron chi connectivity index (χ1n) is 23.1. The summed E-state index contributed by atoms with van der Waals surface area (Å²) in [7, 11) is -9.72. The first-order valence-corrected chi connectivity index (χ1v) is 26.1. The average molecular weight is 941 g/mol. The highest BCUT2D eigenvalue weighted by molar-refractivity contribution is 7.47. The van der Waals surface area contributed by atoms with Crippen molar-refractivity contribution in [2.45, 2.75) is 167 Å². The van der Waals surface area contributed by atoms with Crippen LogP contribution in [0.3, 0.4) is 0 Å². The lowest BCUT2D eigenvalue weighted by molar-refractivity contribution is -0.161. The van der Waals surface area contributed by atoms with E-state index in [1.807, 2.05) is 12.2 Å². The van der Waals surface area contributed by atoms with Gasteiger partial charge in [-0.3, -0.25) is 23.2 Å². The van der Waals surface area contributed by atoms with Crippen molar-refractivity contribution in [3.05, 3.63) is 97.2 Å². The van der Waals surface area contributed by atoms with Gasteiger partial charge in [0.05, 0.1) is 32.0 Å². The summed E-state index contributed by atoms with van der Waals surface area (Å²) < 4.78 is 53.5. The zero-order chi connectivity index (χ0) is 47.0. The fraction of sp³-hybridized carbons (Fsp3) is 0.625. The predicted molar refractivity (Wildman–Crippen MR) is 252 cm³/mol. The number of phosphoric ester groups is 2. The first kappa shape index (κ1) is 59.0. The van der Waals surface area contributed by atoms with Crippen LogP contribution in [0.25, 0.3) is 0 Å². The van der Waals surface area contributed by atoms with E-state index in [4.69, 9.17) is 28.5 Å². The highest BCUT2D eigenvalue weighted by atomic mass is 31.2. The van der Waals surface area contributed by atoms with E-state index < -0.39 is 66.2 Å². The van der Waals surface area contributed by atoms with Gasteiger partial charge < -0.3 is 34.0 Å². The van der Waals surface area contributed by atoms with Crippen LogP contribution in [0.5, 0.6) is 0 Å². The average Bonchev–Trinajstić information content (AvgIpc) is 4.02. The zero-order valence-electron chi connectivity index (χ0n) is 38.3. The second-order valence-electron chi connectivity index (χ2n) is 15.3. The van der Waals surface area contributed by atoms with E-state index in [1.165, 1.54) is 19.3 Å². The van der Waals surface area contributed by atoms with Gasteiger partial charge in [-0.1, -0.05) is 130 Å². The highest BCUT2D eigenvalue weighted by Gasteiger charge is 2.36. The van der Waals surface area contributed by atoms with Gasteiger partial charge in [0.25, 0.3) is 0 Å². The third-order valence-electron chi connectivity index (χ3n) is 9.35. The van der Waals surface area contributed by atoms with Crippen molar-refractivity contribution < 1.29 is 66.3 Å². The van der Waals surface area contributed by atoms with Crippen molar-refractivity contribution in [3.63, 3.8) is 0 Å². The Balaban J connectivity index is 2.42. The molecule has 364 valence electrons. The Morgan fingerprint density at radius 3 is 1.59 bits per heavy atom. The van der Waals surface area contributed by atoms with Gasteiger partial charge in [0.2, 0.25) is 0 Å². The number of unbranched alkanes of at least 4 members (excludes halogenated alkanes) is 7. The van der Waals surface area contributed by atoms with E-state index >= 15 is 0 Å². The Labute approximate surface area is 383 Å². The number of hydrogen-bond donors (Lipinski definition) is 4. The van der Waals surface area contributed by atoms with Crippen LogP contribution in [0.4, 0.5) is 0 Å². The van der Waals surface area contributed by atoms with Gasteiger partial charge in [-0.25, -0.2) is 9.13 Å². The van der Waals surface area contributed by atoms with Gasteiger partial charge >= 0.3 is 27.6 Å². The standard InChI is InChI=1S/C48H78O14P2/c1-3-5-7-9-11-12-13-14-15-16-17-18-19-20-21-22-25-30-34-38-48(51)61-44(42-60-64(55,56)59-40-43(49)39-58-63(52,53)54)41-57-47(50)37-33-29-26-23-24-28-32-36-46-45(62-46)35-31-27-10-8-6-4-2/h5,7,11-12,14-15,17-18,20-21,23,26-28,31-32,43-46,49H,3-4,6,8-10,13,16,19,22,24-25,29-30,33-42H2,1-2H3,(H,55,56)(H2,52,53,54)/b7-5-,12-11-,15-14-,18-17-,21-20-,26-23-,31-27-,32-28-/t43-,44+,45?,46?/m0/s1. The van der Waals surface area contributed by atoms with Crippen molar-refractivity contribution in [2.24, 2.45) is 0 Å². The summed E-state index contributed by atoms with van der Waals surface area (Å²) in [5.74, 6) is -1.15. The second-order valence-corrected chi connectivity index (χ2v) is 18.0. The quantitative estimate of drug-likeness (QED) is 0.0148. The molecule has 1 fully saturated rings. The highest BCUT2D eigenvalue weighted by Crippen LogP contribution is 2.44. The molecule has 1 rings (SSSR count). The molecule has 0 aromatic carbocycles. The number of phosphoric acid groups is 2.